The summed E-state index contributed by atoms with van der Waals surface area (Å²) in [5.41, 5.74) is 0. The molecular formula is C19H31N7S. The first-order chi connectivity index (χ1) is 13.2. The van der Waals surface area contributed by atoms with Gasteiger partial charge in [-0.05, 0) is 26.2 Å². The third-order valence-corrected chi connectivity index (χ3v) is 6.29. The Bertz CT molecular complexity index is 743. The molecule has 1 aliphatic rings. The van der Waals surface area contributed by atoms with Crippen LogP contribution < -0.4 is 10.6 Å². The number of nitrogens with one attached hydrogen (secondary N) is 2. The van der Waals surface area contributed by atoms with Crippen LogP contribution in [0.5, 0.6) is 0 Å². The highest BCUT2D eigenvalue weighted by Crippen LogP contribution is 2.17. The maximum absolute atomic E-state index is 4.77. The smallest absolute Gasteiger partial charge is 0.191 e. The fraction of sp³-hybridized carbons (Fsp3) is 0.684. The van der Waals surface area contributed by atoms with Gasteiger partial charge in [-0.15, -0.1) is 21.5 Å². The van der Waals surface area contributed by atoms with Crippen LogP contribution in [-0.2, 0) is 26.4 Å². The molecule has 0 bridgehead atoms. The summed E-state index contributed by atoms with van der Waals surface area (Å²) in [6.07, 6.45) is 10.3. The molecule has 2 N–H and O–H groups in total. The largest absolute Gasteiger partial charge is 0.356 e. The molecular weight excluding hydrogens is 358 g/mol. The van der Waals surface area contributed by atoms with Crippen molar-refractivity contribution in [3.63, 3.8) is 0 Å². The van der Waals surface area contributed by atoms with Gasteiger partial charge in [0.1, 0.15) is 12.4 Å². The van der Waals surface area contributed by atoms with E-state index in [2.05, 4.69) is 32.7 Å². The van der Waals surface area contributed by atoms with Crippen LogP contribution in [0.15, 0.2) is 11.2 Å². The van der Waals surface area contributed by atoms with Gasteiger partial charge in [0.25, 0.3) is 0 Å². The van der Waals surface area contributed by atoms with E-state index in [0.29, 0.717) is 12.6 Å². The Morgan fingerprint density at radius 2 is 2.11 bits per heavy atom. The minimum absolute atomic E-state index is 0.512. The second-order valence-electron chi connectivity index (χ2n) is 7.12. The molecule has 27 heavy (non-hydrogen) atoms. The molecule has 2 heterocycles. The summed E-state index contributed by atoms with van der Waals surface area (Å²) in [6, 6.07) is 0.512. The molecule has 0 saturated heterocycles. The summed E-state index contributed by atoms with van der Waals surface area (Å²) in [7, 11) is 1.98. The van der Waals surface area contributed by atoms with Crippen molar-refractivity contribution in [2.24, 2.45) is 12.0 Å². The SMILES string of the molecule is CCc1cnc(CCNC(=NCc2nnc(C)n2C)NC2CCCCC2)s1. The summed E-state index contributed by atoms with van der Waals surface area (Å²) >= 11 is 1.80. The Kier molecular flexibility index (Phi) is 7.20. The van der Waals surface area contributed by atoms with E-state index >= 15 is 0 Å². The van der Waals surface area contributed by atoms with Crippen molar-refractivity contribution in [2.45, 2.75) is 71.4 Å². The lowest BCUT2D eigenvalue weighted by Crippen LogP contribution is -2.44. The molecule has 0 spiro atoms. The number of rotatable bonds is 7. The number of aromatic nitrogens is 4. The second kappa shape index (κ2) is 9.82. The molecule has 2 aromatic rings. The number of thiazole rings is 1. The second-order valence-corrected chi connectivity index (χ2v) is 8.32. The lowest BCUT2D eigenvalue weighted by Gasteiger charge is -2.25. The van der Waals surface area contributed by atoms with Gasteiger partial charge in [-0.2, -0.15) is 0 Å². The quantitative estimate of drug-likeness (QED) is 0.562. The average molecular weight is 390 g/mol. The van der Waals surface area contributed by atoms with Gasteiger partial charge in [0, 0.05) is 37.1 Å². The molecule has 0 aromatic carbocycles. The Labute approximate surface area is 165 Å². The normalized spacial score (nSPS) is 15.9. The third-order valence-electron chi connectivity index (χ3n) is 5.09. The van der Waals surface area contributed by atoms with Gasteiger partial charge < -0.3 is 15.2 Å². The van der Waals surface area contributed by atoms with Crippen LogP contribution in [0.4, 0.5) is 0 Å². The Morgan fingerprint density at radius 1 is 1.30 bits per heavy atom. The molecule has 1 saturated carbocycles. The van der Waals surface area contributed by atoms with Crippen LogP contribution in [0.1, 0.15) is 60.6 Å². The molecule has 1 fully saturated rings. The molecule has 148 valence electrons. The molecule has 3 rings (SSSR count). The third kappa shape index (κ3) is 5.76. The van der Waals surface area contributed by atoms with Crippen molar-refractivity contribution in [2.75, 3.05) is 6.54 Å². The van der Waals surface area contributed by atoms with Gasteiger partial charge >= 0.3 is 0 Å². The van der Waals surface area contributed by atoms with Crippen LogP contribution >= 0.6 is 11.3 Å². The monoisotopic (exact) mass is 389 g/mol. The Morgan fingerprint density at radius 3 is 2.78 bits per heavy atom. The highest BCUT2D eigenvalue weighted by atomic mass is 32.1. The van der Waals surface area contributed by atoms with E-state index in [1.54, 1.807) is 11.3 Å². The summed E-state index contributed by atoms with van der Waals surface area (Å²) in [4.78, 5) is 10.6. The zero-order chi connectivity index (χ0) is 19.1. The minimum atomic E-state index is 0.512. The summed E-state index contributed by atoms with van der Waals surface area (Å²) in [5.74, 6) is 2.66. The van der Waals surface area contributed by atoms with Gasteiger partial charge in [-0.1, -0.05) is 26.2 Å². The van der Waals surface area contributed by atoms with Crippen molar-refractivity contribution >= 4 is 17.3 Å². The first-order valence-electron chi connectivity index (χ1n) is 9.99. The van der Waals surface area contributed by atoms with E-state index in [-0.39, 0.29) is 0 Å². The topological polar surface area (TPSA) is 80.0 Å². The lowest BCUT2D eigenvalue weighted by atomic mass is 9.96. The van der Waals surface area contributed by atoms with Crippen molar-refractivity contribution in [3.05, 3.63) is 27.7 Å². The van der Waals surface area contributed by atoms with Crippen molar-refractivity contribution < 1.29 is 0 Å². The summed E-state index contributed by atoms with van der Waals surface area (Å²) in [6.45, 7) is 5.48. The van der Waals surface area contributed by atoms with Crippen LogP contribution in [-0.4, -0.2) is 38.3 Å². The predicted octanol–water partition coefficient (Wildman–Crippen LogP) is 2.75. The highest BCUT2D eigenvalue weighted by Gasteiger charge is 2.15. The number of hydrogen-bond donors (Lipinski definition) is 2. The van der Waals surface area contributed by atoms with E-state index in [1.807, 2.05) is 24.7 Å². The van der Waals surface area contributed by atoms with Crippen LogP contribution in [0.25, 0.3) is 0 Å². The molecule has 0 radical (unpaired) electrons. The number of aliphatic imine (C=N–C) groups is 1. The van der Waals surface area contributed by atoms with Gasteiger partial charge in [0.2, 0.25) is 0 Å². The molecule has 0 atom stereocenters. The molecule has 1 aliphatic carbocycles. The number of aryl methyl sites for hydroxylation is 2. The number of nitrogens with zero attached hydrogens (tertiary/aromatic N) is 5. The average Bonchev–Trinajstić information content (AvgIpc) is 3.28. The molecule has 2 aromatic heterocycles. The fourth-order valence-electron chi connectivity index (χ4n) is 3.25. The fourth-order valence-corrected chi connectivity index (χ4v) is 4.11. The van der Waals surface area contributed by atoms with Gasteiger partial charge in [-0.3, -0.25) is 0 Å². The molecule has 0 amide bonds. The molecule has 0 aliphatic heterocycles. The van der Waals surface area contributed by atoms with Crippen molar-refractivity contribution in [1.82, 2.24) is 30.4 Å². The van der Waals surface area contributed by atoms with Gasteiger partial charge in [0.05, 0.1) is 5.01 Å². The van der Waals surface area contributed by atoms with Crippen LogP contribution in [0.3, 0.4) is 0 Å². The van der Waals surface area contributed by atoms with Gasteiger partial charge in [0.15, 0.2) is 11.8 Å². The van der Waals surface area contributed by atoms with Crippen molar-refractivity contribution in [3.8, 4) is 0 Å². The lowest BCUT2D eigenvalue weighted by molar-refractivity contribution is 0.409. The Hall–Kier alpha value is -1.96. The first kappa shape index (κ1) is 19.8. The van der Waals surface area contributed by atoms with Crippen LogP contribution in [0.2, 0.25) is 0 Å². The summed E-state index contributed by atoms with van der Waals surface area (Å²) in [5, 5.41) is 16.6. The highest BCUT2D eigenvalue weighted by molar-refractivity contribution is 7.11. The van der Waals surface area contributed by atoms with Crippen LogP contribution in [0, 0.1) is 6.92 Å². The number of hydrogen-bond acceptors (Lipinski definition) is 5. The molecule has 7 nitrogen and oxygen atoms in total. The van der Waals surface area contributed by atoms with Crippen molar-refractivity contribution in [1.29, 1.82) is 0 Å². The summed E-state index contributed by atoms with van der Waals surface area (Å²) < 4.78 is 1.99. The first-order valence-corrected chi connectivity index (χ1v) is 10.8. The van der Waals surface area contributed by atoms with Gasteiger partial charge in [-0.25, -0.2) is 9.98 Å². The maximum atomic E-state index is 4.77. The van der Waals surface area contributed by atoms with E-state index < -0.39 is 0 Å². The zero-order valence-electron chi connectivity index (χ0n) is 16.7. The maximum Gasteiger partial charge on any atom is 0.191 e. The predicted molar refractivity (Wildman–Crippen MR) is 110 cm³/mol. The van der Waals surface area contributed by atoms with E-state index in [9.17, 15) is 0 Å². The Balaban J connectivity index is 1.59. The zero-order valence-corrected chi connectivity index (χ0v) is 17.5. The molecule has 8 heteroatoms. The van der Waals surface area contributed by atoms with E-state index in [1.165, 1.54) is 42.0 Å². The standard InChI is InChI=1S/C19H31N7S/c1-4-16-12-21-18(27-16)10-11-20-19(23-15-8-6-5-7-9-15)22-13-17-25-24-14(2)26(17)3/h12,15H,4-11,13H2,1-3H3,(H2,20,22,23). The van der Waals surface area contributed by atoms with E-state index in [4.69, 9.17) is 4.99 Å². The number of guanidine groups is 1. The minimum Gasteiger partial charge on any atom is -0.356 e. The molecule has 0 unspecified atom stereocenters. The van der Waals surface area contributed by atoms with E-state index in [0.717, 1.165) is 37.0 Å².